The molecule has 3 amide bonds. The molecular weight excluding hydrogens is 476 g/mol. The van der Waals surface area contributed by atoms with Crippen LogP contribution in [0.4, 0.5) is 5.69 Å². The summed E-state index contributed by atoms with van der Waals surface area (Å²) in [6, 6.07) is 3.69. The molecule has 1 atom stereocenters. The lowest BCUT2D eigenvalue weighted by atomic mass is 9.90. The molecule has 0 radical (unpaired) electrons. The van der Waals surface area contributed by atoms with Crippen LogP contribution < -0.4 is 15.5 Å². The number of nitrogens with one attached hydrogen (secondary N) is 2. The zero-order chi connectivity index (χ0) is 26.8. The Labute approximate surface area is 220 Å². The van der Waals surface area contributed by atoms with Gasteiger partial charge in [0.15, 0.2) is 0 Å². The number of likely N-dealkylation sites (tertiary alicyclic amines) is 1. The molecule has 1 fully saturated rings. The highest BCUT2D eigenvalue weighted by Crippen LogP contribution is 2.30. The predicted octanol–water partition coefficient (Wildman–Crippen LogP) is 4.32. The van der Waals surface area contributed by atoms with E-state index >= 15 is 0 Å². The number of piperidine rings is 1. The number of carbonyl (C=O) groups excluding carboxylic acids is 3. The highest BCUT2D eigenvalue weighted by Gasteiger charge is 2.31. The second-order valence-corrected chi connectivity index (χ2v) is 11.9. The van der Waals surface area contributed by atoms with Crippen LogP contribution in [0.25, 0.3) is 0 Å². The summed E-state index contributed by atoms with van der Waals surface area (Å²) in [5.41, 5.74) is 3.55. The summed E-state index contributed by atoms with van der Waals surface area (Å²) in [5, 5.41) is 6.34. The fraction of sp³-hybridized carbons (Fsp3) is 0.607. The predicted molar refractivity (Wildman–Crippen MR) is 145 cm³/mol. The van der Waals surface area contributed by atoms with E-state index in [2.05, 4.69) is 15.5 Å². The summed E-state index contributed by atoms with van der Waals surface area (Å²) in [6.45, 7) is 14.3. The molecule has 0 saturated carbocycles. The lowest BCUT2D eigenvalue weighted by Gasteiger charge is -2.37. The maximum absolute atomic E-state index is 13.1. The molecule has 0 aromatic heterocycles. The van der Waals surface area contributed by atoms with Crippen molar-refractivity contribution in [3.8, 4) is 0 Å². The first-order chi connectivity index (χ1) is 16.8. The van der Waals surface area contributed by atoms with E-state index in [0.717, 1.165) is 55.7 Å². The minimum atomic E-state index is -0.354. The lowest BCUT2D eigenvalue weighted by molar-refractivity contribution is -0.140. The summed E-state index contributed by atoms with van der Waals surface area (Å²) >= 11 is 6.44. The molecule has 2 aliphatic rings. The number of carbonyl (C=O) groups is 3. The Morgan fingerprint density at radius 2 is 1.83 bits per heavy atom. The minimum Gasteiger partial charge on any atom is -0.374 e. The van der Waals surface area contributed by atoms with Crippen molar-refractivity contribution in [2.24, 2.45) is 11.3 Å². The van der Waals surface area contributed by atoms with E-state index in [9.17, 15) is 14.4 Å². The highest BCUT2D eigenvalue weighted by molar-refractivity contribution is 6.31. The standard InChI is InChI=1S/C28H41ClN4O3/c1-17-12-18(2)31-26(35)23(17)15-30-25(34)22-13-21(29)14-24(19(22)3)32(7)16-20-8-10-33(11-9-20)27(36)28(4,5)6/h13-14,18,20H,8-12,15-16H2,1-7H3,(H,30,34)(H,31,35). The van der Waals surface area contributed by atoms with Gasteiger partial charge in [-0.15, -0.1) is 0 Å². The van der Waals surface area contributed by atoms with E-state index in [1.807, 2.05) is 59.6 Å². The van der Waals surface area contributed by atoms with E-state index in [-0.39, 0.29) is 35.7 Å². The number of hydrogen-bond acceptors (Lipinski definition) is 4. The smallest absolute Gasteiger partial charge is 0.251 e. The van der Waals surface area contributed by atoms with Crippen molar-refractivity contribution in [2.45, 2.75) is 66.8 Å². The van der Waals surface area contributed by atoms with Gasteiger partial charge in [-0.3, -0.25) is 14.4 Å². The summed E-state index contributed by atoms with van der Waals surface area (Å²) in [6.07, 6.45) is 2.69. The molecule has 1 unspecified atom stereocenters. The Kier molecular flexibility index (Phi) is 8.75. The van der Waals surface area contributed by atoms with Crippen LogP contribution in [0.2, 0.25) is 5.02 Å². The van der Waals surface area contributed by atoms with Crippen molar-refractivity contribution in [3.05, 3.63) is 39.4 Å². The van der Waals surface area contributed by atoms with E-state index in [0.29, 0.717) is 22.1 Å². The Hall–Kier alpha value is -2.54. The molecule has 0 spiro atoms. The van der Waals surface area contributed by atoms with Crippen LogP contribution in [-0.2, 0) is 9.59 Å². The molecule has 8 heteroatoms. The Morgan fingerprint density at radius 3 is 2.42 bits per heavy atom. The van der Waals surface area contributed by atoms with Gasteiger partial charge in [-0.1, -0.05) is 37.9 Å². The van der Waals surface area contributed by atoms with Gasteiger partial charge in [-0.05, 0) is 63.6 Å². The molecular formula is C28H41ClN4O3. The average molecular weight is 517 g/mol. The van der Waals surface area contributed by atoms with Gasteiger partial charge in [0.25, 0.3) is 5.91 Å². The van der Waals surface area contributed by atoms with Gasteiger partial charge in [0.2, 0.25) is 11.8 Å². The fourth-order valence-corrected chi connectivity index (χ4v) is 5.42. The van der Waals surface area contributed by atoms with E-state index in [1.54, 1.807) is 6.07 Å². The number of hydrogen-bond donors (Lipinski definition) is 2. The number of anilines is 1. The van der Waals surface area contributed by atoms with Crippen LogP contribution in [0.5, 0.6) is 0 Å². The SMILES string of the molecule is CC1=C(CNC(=O)c2cc(Cl)cc(N(C)CC3CCN(C(=O)C(C)(C)C)CC3)c2C)C(=O)NC(C)C1. The first-order valence-electron chi connectivity index (χ1n) is 12.9. The molecule has 36 heavy (non-hydrogen) atoms. The van der Waals surface area contributed by atoms with E-state index in [4.69, 9.17) is 11.6 Å². The van der Waals surface area contributed by atoms with Gasteiger partial charge in [-0.25, -0.2) is 0 Å². The first-order valence-corrected chi connectivity index (χ1v) is 13.2. The Morgan fingerprint density at radius 1 is 1.19 bits per heavy atom. The molecule has 1 aromatic carbocycles. The van der Waals surface area contributed by atoms with Crippen LogP contribution in [0.3, 0.4) is 0 Å². The molecule has 2 aliphatic heterocycles. The second kappa shape index (κ2) is 11.2. The fourth-order valence-electron chi connectivity index (χ4n) is 5.21. The number of halogens is 1. The third kappa shape index (κ3) is 6.61. The van der Waals surface area contributed by atoms with Crippen LogP contribution in [0, 0.1) is 18.3 Å². The van der Waals surface area contributed by atoms with Crippen molar-refractivity contribution in [2.75, 3.05) is 38.1 Å². The third-order valence-electron chi connectivity index (χ3n) is 7.28. The maximum atomic E-state index is 13.1. The van der Waals surface area contributed by atoms with Crippen LogP contribution >= 0.6 is 11.6 Å². The zero-order valence-electron chi connectivity index (χ0n) is 22.8. The highest BCUT2D eigenvalue weighted by atomic mass is 35.5. The quantitative estimate of drug-likeness (QED) is 0.590. The van der Waals surface area contributed by atoms with Crippen molar-refractivity contribution in [1.29, 1.82) is 0 Å². The first kappa shape index (κ1) is 28.0. The van der Waals surface area contributed by atoms with Crippen molar-refractivity contribution < 1.29 is 14.4 Å². The largest absolute Gasteiger partial charge is 0.374 e. The molecule has 3 rings (SSSR count). The Balaban J connectivity index is 1.66. The van der Waals surface area contributed by atoms with Gasteiger partial charge in [-0.2, -0.15) is 0 Å². The van der Waals surface area contributed by atoms with Gasteiger partial charge >= 0.3 is 0 Å². The molecule has 2 N–H and O–H groups in total. The van der Waals surface area contributed by atoms with Gasteiger partial charge < -0.3 is 20.4 Å². The van der Waals surface area contributed by atoms with Crippen LogP contribution in [-0.4, -0.2) is 61.9 Å². The molecule has 2 heterocycles. The molecule has 7 nitrogen and oxygen atoms in total. The topological polar surface area (TPSA) is 81.8 Å². The molecule has 1 aromatic rings. The normalized spacial score (nSPS) is 19.3. The summed E-state index contributed by atoms with van der Waals surface area (Å²) in [7, 11) is 2.02. The third-order valence-corrected chi connectivity index (χ3v) is 7.50. The number of rotatable bonds is 6. The summed E-state index contributed by atoms with van der Waals surface area (Å²) in [5.74, 6) is 0.300. The summed E-state index contributed by atoms with van der Waals surface area (Å²) in [4.78, 5) is 42.2. The summed E-state index contributed by atoms with van der Waals surface area (Å²) < 4.78 is 0. The number of benzene rings is 1. The molecule has 198 valence electrons. The van der Waals surface area contributed by atoms with Crippen LogP contribution in [0.15, 0.2) is 23.3 Å². The molecule has 0 bridgehead atoms. The zero-order valence-corrected chi connectivity index (χ0v) is 23.5. The van der Waals surface area contributed by atoms with Crippen molar-refractivity contribution in [3.63, 3.8) is 0 Å². The van der Waals surface area contributed by atoms with Gasteiger partial charge in [0.1, 0.15) is 0 Å². The van der Waals surface area contributed by atoms with Crippen molar-refractivity contribution in [1.82, 2.24) is 15.5 Å². The maximum Gasteiger partial charge on any atom is 0.251 e. The van der Waals surface area contributed by atoms with E-state index < -0.39 is 0 Å². The monoisotopic (exact) mass is 516 g/mol. The second-order valence-electron chi connectivity index (χ2n) is 11.5. The van der Waals surface area contributed by atoms with Gasteiger partial charge in [0.05, 0.1) is 0 Å². The van der Waals surface area contributed by atoms with Crippen molar-refractivity contribution >= 4 is 35.0 Å². The molecule has 0 aliphatic carbocycles. The molecule has 1 saturated heterocycles. The van der Waals surface area contributed by atoms with E-state index in [1.165, 1.54) is 0 Å². The lowest BCUT2D eigenvalue weighted by Crippen LogP contribution is -2.45. The van der Waals surface area contributed by atoms with Gasteiger partial charge in [0, 0.05) is 66.5 Å². The minimum absolute atomic E-state index is 0.108. The number of nitrogens with zero attached hydrogens (tertiary/aromatic N) is 2. The average Bonchev–Trinajstić information content (AvgIpc) is 2.78. The Bertz CT molecular complexity index is 1050. The number of amides is 3. The van der Waals surface area contributed by atoms with Crippen LogP contribution in [0.1, 0.15) is 69.8 Å².